The van der Waals surface area contributed by atoms with Gasteiger partial charge in [0.2, 0.25) is 0 Å². The lowest BCUT2D eigenvalue weighted by atomic mass is 10.3. The standard InChI is InChI=1S/C10H14N2Si/c1-9-5-6-10(12-11-9)7-8-13(2,3)4/h5-6H,1-4H3. The first-order valence-corrected chi connectivity index (χ1v) is 7.81. The molecule has 0 aromatic carbocycles. The third-order valence-corrected chi connectivity index (χ3v) is 2.24. The average molecular weight is 190 g/mol. The van der Waals surface area contributed by atoms with Gasteiger partial charge >= 0.3 is 0 Å². The summed E-state index contributed by atoms with van der Waals surface area (Å²) in [5, 5.41) is 7.92. The van der Waals surface area contributed by atoms with Crippen molar-refractivity contribution in [2.24, 2.45) is 0 Å². The Hall–Kier alpha value is -1.14. The SMILES string of the molecule is Cc1ccc(C#C[Si](C)(C)C)nn1. The molecule has 0 aliphatic rings. The van der Waals surface area contributed by atoms with Gasteiger partial charge in [0.1, 0.15) is 13.8 Å². The molecule has 1 rings (SSSR count). The molecule has 0 saturated heterocycles. The van der Waals surface area contributed by atoms with Crippen molar-refractivity contribution in [3.05, 3.63) is 23.5 Å². The van der Waals surface area contributed by atoms with Crippen LogP contribution in [-0.4, -0.2) is 18.3 Å². The molecule has 0 aliphatic carbocycles. The molecule has 0 fully saturated rings. The van der Waals surface area contributed by atoms with Crippen LogP contribution in [0.1, 0.15) is 11.4 Å². The first-order valence-electron chi connectivity index (χ1n) is 4.31. The zero-order valence-electron chi connectivity index (χ0n) is 8.55. The molecule has 68 valence electrons. The van der Waals surface area contributed by atoms with E-state index in [2.05, 4.69) is 41.3 Å². The molecule has 0 atom stereocenters. The molecule has 0 bridgehead atoms. The van der Waals surface area contributed by atoms with E-state index in [0.717, 1.165) is 11.4 Å². The second kappa shape index (κ2) is 3.71. The fourth-order valence-electron chi connectivity index (χ4n) is 0.717. The van der Waals surface area contributed by atoms with Crippen molar-refractivity contribution in [1.29, 1.82) is 0 Å². The second-order valence-corrected chi connectivity index (χ2v) is 8.81. The van der Waals surface area contributed by atoms with E-state index in [9.17, 15) is 0 Å². The highest BCUT2D eigenvalue weighted by molar-refractivity contribution is 6.83. The molecule has 1 heterocycles. The molecule has 0 unspecified atom stereocenters. The van der Waals surface area contributed by atoms with E-state index in [1.165, 1.54) is 0 Å². The summed E-state index contributed by atoms with van der Waals surface area (Å²) in [6.45, 7) is 8.55. The summed E-state index contributed by atoms with van der Waals surface area (Å²) in [6, 6.07) is 3.84. The minimum atomic E-state index is -1.28. The zero-order chi connectivity index (χ0) is 9.90. The fourth-order valence-corrected chi connectivity index (χ4v) is 1.22. The van der Waals surface area contributed by atoms with Crippen molar-refractivity contribution < 1.29 is 0 Å². The van der Waals surface area contributed by atoms with E-state index >= 15 is 0 Å². The van der Waals surface area contributed by atoms with Crippen LogP contribution >= 0.6 is 0 Å². The maximum Gasteiger partial charge on any atom is 0.135 e. The molecular weight excluding hydrogens is 176 g/mol. The van der Waals surface area contributed by atoms with Gasteiger partial charge in [-0.2, -0.15) is 5.10 Å². The van der Waals surface area contributed by atoms with Crippen molar-refractivity contribution in [1.82, 2.24) is 10.2 Å². The molecule has 13 heavy (non-hydrogen) atoms. The largest absolute Gasteiger partial charge is 0.155 e. The van der Waals surface area contributed by atoms with Crippen molar-refractivity contribution in [2.75, 3.05) is 0 Å². The lowest BCUT2D eigenvalue weighted by Crippen LogP contribution is -2.16. The molecule has 1 aromatic rings. The molecule has 0 N–H and O–H groups in total. The van der Waals surface area contributed by atoms with E-state index < -0.39 is 8.07 Å². The Bertz CT molecular complexity index is 338. The van der Waals surface area contributed by atoms with E-state index in [-0.39, 0.29) is 0 Å². The van der Waals surface area contributed by atoms with Gasteiger partial charge in [-0.05, 0) is 19.1 Å². The van der Waals surface area contributed by atoms with Crippen LogP contribution in [0.2, 0.25) is 19.6 Å². The van der Waals surface area contributed by atoms with E-state index in [1.807, 2.05) is 19.1 Å². The molecule has 0 radical (unpaired) electrons. The molecule has 0 spiro atoms. The predicted molar refractivity (Wildman–Crippen MR) is 57.0 cm³/mol. The summed E-state index contributed by atoms with van der Waals surface area (Å²) < 4.78 is 0. The number of hydrogen-bond acceptors (Lipinski definition) is 2. The van der Waals surface area contributed by atoms with Crippen LogP contribution in [0, 0.1) is 18.4 Å². The fraction of sp³-hybridized carbons (Fsp3) is 0.400. The van der Waals surface area contributed by atoms with Crippen molar-refractivity contribution >= 4 is 8.07 Å². The van der Waals surface area contributed by atoms with Crippen LogP contribution in [0.5, 0.6) is 0 Å². The average Bonchev–Trinajstić information content (AvgIpc) is 2.02. The summed E-state index contributed by atoms with van der Waals surface area (Å²) in [7, 11) is -1.28. The van der Waals surface area contributed by atoms with Gasteiger partial charge in [-0.1, -0.05) is 25.6 Å². The summed E-state index contributed by atoms with van der Waals surface area (Å²) in [5.74, 6) is 3.05. The van der Waals surface area contributed by atoms with Gasteiger partial charge in [0.25, 0.3) is 0 Å². The topological polar surface area (TPSA) is 25.8 Å². The Morgan fingerprint density at radius 2 is 1.85 bits per heavy atom. The molecule has 0 amide bonds. The highest BCUT2D eigenvalue weighted by Crippen LogP contribution is 1.98. The molecular formula is C10H14N2Si. The van der Waals surface area contributed by atoms with Gasteiger partial charge in [0.05, 0.1) is 5.69 Å². The molecule has 0 saturated carbocycles. The first kappa shape index (κ1) is 9.94. The molecule has 0 aliphatic heterocycles. The number of rotatable bonds is 0. The van der Waals surface area contributed by atoms with Crippen LogP contribution in [-0.2, 0) is 0 Å². The second-order valence-electron chi connectivity index (χ2n) is 4.06. The summed E-state index contributed by atoms with van der Waals surface area (Å²) in [4.78, 5) is 0. The van der Waals surface area contributed by atoms with Gasteiger partial charge in [-0.3, -0.25) is 0 Å². The maximum absolute atomic E-state index is 3.98. The minimum absolute atomic E-state index is 0.771. The highest BCUT2D eigenvalue weighted by atomic mass is 28.3. The Morgan fingerprint density at radius 1 is 1.15 bits per heavy atom. The lowest BCUT2D eigenvalue weighted by Gasteiger charge is -2.02. The maximum atomic E-state index is 3.98. The Morgan fingerprint density at radius 3 is 2.31 bits per heavy atom. The number of nitrogens with zero attached hydrogens (tertiary/aromatic N) is 2. The van der Waals surface area contributed by atoms with Crippen molar-refractivity contribution in [3.8, 4) is 11.5 Å². The van der Waals surface area contributed by atoms with Crippen LogP contribution in [0.4, 0.5) is 0 Å². The van der Waals surface area contributed by atoms with Gasteiger partial charge in [0, 0.05) is 0 Å². The lowest BCUT2D eigenvalue weighted by molar-refractivity contribution is 0.967. The van der Waals surface area contributed by atoms with Crippen molar-refractivity contribution in [2.45, 2.75) is 26.6 Å². The highest BCUT2D eigenvalue weighted by Gasteiger charge is 2.07. The predicted octanol–water partition coefficient (Wildman–Crippen LogP) is 2.01. The van der Waals surface area contributed by atoms with E-state index in [1.54, 1.807) is 0 Å². The van der Waals surface area contributed by atoms with Crippen LogP contribution in [0.15, 0.2) is 12.1 Å². The zero-order valence-corrected chi connectivity index (χ0v) is 9.55. The van der Waals surface area contributed by atoms with Gasteiger partial charge < -0.3 is 0 Å². The van der Waals surface area contributed by atoms with Gasteiger partial charge in [-0.25, -0.2) is 0 Å². The molecule has 1 aromatic heterocycles. The van der Waals surface area contributed by atoms with Crippen LogP contribution in [0.25, 0.3) is 0 Å². The molecule has 2 nitrogen and oxygen atoms in total. The van der Waals surface area contributed by atoms with E-state index in [4.69, 9.17) is 0 Å². The minimum Gasteiger partial charge on any atom is -0.155 e. The third-order valence-electron chi connectivity index (χ3n) is 1.36. The monoisotopic (exact) mass is 190 g/mol. The summed E-state index contributed by atoms with van der Waals surface area (Å²) in [5.41, 5.74) is 4.94. The van der Waals surface area contributed by atoms with Gasteiger partial charge in [0.15, 0.2) is 0 Å². The number of hydrogen-bond donors (Lipinski definition) is 0. The normalized spacial score (nSPS) is 10.5. The van der Waals surface area contributed by atoms with E-state index in [0.29, 0.717) is 0 Å². The quantitative estimate of drug-likeness (QED) is 0.462. The summed E-state index contributed by atoms with van der Waals surface area (Å²) in [6.07, 6.45) is 0. The Labute approximate surface area is 80.4 Å². The van der Waals surface area contributed by atoms with Crippen LogP contribution in [0.3, 0.4) is 0 Å². The van der Waals surface area contributed by atoms with Crippen LogP contribution < -0.4 is 0 Å². The Kier molecular flexibility index (Phi) is 2.84. The first-order chi connectivity index (χ1) is 5.97. The van der Waals surface area contributed by atoms with Gasteiger partial charge in [-0.15, -0.1) is 10.6 Å². The molecule has 3 heteroatoms. The summed E-state index contributed by atoms with van der Waals surface area (Å²) >= 11 is 0. The Balaban J connectivity index is 2.85. The smallest absolute Gasteiger partial charge is 0.135 e. The van der Waals surface area contributed by atoms with Crippen molar-refractivity contribution in [3.63, 3.8) is 0 Å². The number of aryl methyl sites for hydroxylation is 1. The number of aromatic nitrogens is 2. The third kappa shape index (κ3) is 3.86.